The highest BCUT2D eigenvalue weighted by atomic mass is 35.5. The molecule has 0 aromatic carbocycles. The lowest BCUT2D eigenvalue weighted by Gasteiger charge is -2.18. The molecular formula is C15H20ClN3O2S. The van der Waals surface area contributed by atoms with Crippen LogP contribution in [-0.2, 0) is 4.79 Å². The van der Waals surface area contributed by atoms with Gasteiger partial charge in [-0.05, 0) is 37.4 Å². The maximum atomic E-state index is 12.1. The van der Waals surface area contributed by atoms with Gasteiger partial charge in [0, 0.05) is 6.07 Å². The minimum Gasteiger partial charge on any atom is -0.338 e. The number of aromatic nitrogens is 1. The number of anilines is 1. The van der Waals surface area contributed by atoms with Crippen molar-refractivity contribution in [3.8, 4) is 10.6 Å². The van der Waals surface area contributed by atoms with Crippen molar-refractivity contribution < 1.29 is 9.32 Å². The number of nitrogens with one attached hydrogen (secondary N) is 1. The lowest BCUT2D eigenvalue weighted by Crippen LogP contribution is -2.33. The first-order chi connectivity index (χ1) is 10.3. The van der Waals surface area contributed by atoms with Gasteiger partial charge in [-0.2, -0.15) is 0 Å². The van der Waals surface area contributed by atoms with E-state index in [1.807, 2.05) is 17.5 Å². The van der Waals surface area contributed by atoms with Crippen molar-refractivity contribution in [3.63, 3.8) is 0 Å². The molecule has 22 heavy (non-hydrogen) atoms. The zero-order valence-corrected chi connectivity index (χ0v) is 13.9. The largest absolute Gasteiger partial charge is 0.338 e. The van der Waals surface area contributed by atoms with E-state index in [0.717, 1.165) is 23.7 Å². The number of amides is 1. The van der Waals surface area contributed by atoms with Crippen molar-refractivity contribution in [1.82, 2.24) is 10.1 Å². The Morgan fingerprint density at radius 1 is 1.32 bits per heavy atom. The van der Waals surface area contributed by atoms with Gasteiger partial charge in [0.05, 0.1) is 11.4 Å². The molecule has 2 aromatic rings. The third-order valence-electron chi connectivity index (χ3n) is 3.61. The van der Waals surface area contributed by atoms with Gasteiger partial charge in [0.15, 0.2) is 0 Å². The lowest BCUT2D eigenvalue weighted by molar-refractivity contribution is -0.117. The number of rotatable bonds is 4. The molecule has 1 aliphatic rings. The number of carbonyl (C=O) groups excluding carboxylic acids is 1. The number of thiophene rings is 1. The van der Waals surface area contributed by atoms with Gasteiger partial charge in [-0.1, -0.05) is 24.1 Å². The molecule has 0 unspecified atom stereocenters. The molecule has 3 rings (SSSR count). The van der Waals surface area contributed by atoms with E-state index < -0.39 is 0 Å². The average Bonchev–Trinajstić information content (AvgIpc) is 3.07. The Morgan fingerprint density at radius 2 is 2.09 bits per heavy atom. The van der Waals surface area contributed by atoms with E-state index in [4.69, 9.17) is 4.52 Å². The second-order valence-electron chi connectivity index (χ2n) is 5.29. The molecule has 3 heterocycles. The maximum Gasteiger partial charge on any atom is 0.240 e. The molecule has 7 heteroatoms. The fourth-order valence-corrected chi connectivity index (χ4v) is 3.23. The molecule has 0 bridgehead atoms. The van der Waals surface area contributed by atoms with Crippen LogP contribution in [-0.4, -0.2) is 35.6 Å². The molecule has 1 aliphatic heterocycles. The van der Waals surface area contributed by atoms with Gasteiger partial charge in [-0.25, -0.2) is 0 Å². The summed E-state index contributed by atoms with van der Waals surface area (Å²) in [5.74, 6) is 0.379. The fraction of sp³-hybridized carbons (Fsp3) is 0.467. The molecule has 1 saturated heterocycles. The average molecular weight is 342 g/mol. The van der Waals surface area contributed by atoms with E-state index in [9.17, 15) is 4.79 Å². The zero-order chi connectivity index (χ0) is 14.5. The van der Waals surface area contributed by atoms with Crippen molar-refractivity contribution >= 4 is 35.5 Å². The summed E-state index contributed by atoms with van der Waals surface area (Å²) in [6.45, 7) is 2.43. The number of likely N-dealkylation sites (tertiary alicyclic amines) is 1. The molecule has 1 amide bonds. The number of nitrogens with zero attached hydrogens (tertiary/aromatic N) is 2. The Hall–Kier alpha value is -1.37. The van der Waals surface area contributed by atoms with E-state index in [-0.39, 0.29) is 18.3 Å². The quantitative estimate of drug-likeness (QED) is 0.922. The molecule has 0 atom stereocenters. The van der Waals surface area contributed by atoms with Gasteiger partial charge in [-0.15, -0.1) is 23.7 Å². The third-order valence-corrected chi connectivity index (χ3v) is 4.50. The van der Waals surface area contributed by atoms with Crippen LogP contribution in [0.15, 0.2) is 28.1 Å². The Labute approximate surface area is 140 Å². The number of hydrogen-bond donors (Lipinski definition) is 1. The van der Waals surface area contributed by atoms with Gasteiger partial charge in [0.1, 0.15) is 5.69 Å². The van der Waals surface area contributed by atoms with Gasteiger partial charge in [-0.3, -0.25) is 15.0 Å². The number of halogens is 1. The normalized spacial score (nSPS) is 15.8. The van der Waals surface area contributed by atoms with Crippen LogP contribution >= 0.6 is 23.7 Å². The minimum absolute atomic E-state index is 0. The van der Waals surface area contributed by atoms with Crippen LogP contribution < -0.4 is 5.32 Å². The summed E-state index contributed by atoms with van der Waals surface area (Å²) < 4.78 is 5.18. The Kier molecular flexibility index (Phi) is 6.42. The Balaban J connectivity index is 0.00000176. The summed E-state index contributed by atoms with van der Waals surface area (Å²) in [4.78, 5) is 15.3. The Bertz CT molecular complexity index is 577. The monoisotopic (exact) mass is 341 g/mol. The SMILES string of the molecule is Cl.O=C(CN1CCCCCC1)Nc1cc(-c2cccs2)no1. The molecule has 5 nitrogen and oxygen atoms in total. The van der Waals surface area contributed by atoms with E-state index >= 15 is 0 Å². The highest BCUT2D eigenvalue weighted by molar-refractivity contribution is 7.13. The molecule has 1 N–H and O–H groups in total. The van der Waals surface area contributed by atoms with Crippen molar-refractivity contribution in [3.05, 3.63) is 23.6 Å². The molecule has 2 aromatic heterocycles. The summed E-state index contributed by atoms with van der Waals surface area (Å²) in [5, 5.41) is 8.76. The summed E-state index contributed by atoms with van der Waals surface area (Å²) in [7, 11) is 0. The number of carbonyl (C=O) groups is 1. The first kappa shape index (κ1) is 17.0. The molecule has 0 aliphatic carbocycles. The highest BCUT2D eigenvalue weighted by Crippen LogP contribution is 2.25. The van der Waals surface area contributed by atoms with Crippen LogP contribution in [0.25, 0.3) is 10.6 Å². The van der Waals surface area contributed by atoms with Crippen LogP contribution in [0.4, 0.5) is 5.88 Å². The topological polar surface area (TPSA) is 58.4 Å². The molecule has 0 saturated carbocycles. The van der Waals surface area contributed by atoms with Crippen LogP contribution in [0.1, 0.15) is 25.7 Å². The van der Waals surface area contributed by atoms with Gasteiger partial charge < -0.3 is 4.52 Å². The Morgan fingerprint density at radius 3 is 2.77 bits per heavy atom. The van der Waals surface area contributed by atoms with Crippen LogP contribution in [0.5, 0.6) is 0 Å². The molecular weight excluding hydrogens is 322 g/mol. The standard InChI is InChI=1S/C15H19N3O2S.ClH/c19-14(11-18-7-3-1-2-4-8-18)16-15-10-12(17-20-15)13-6-5-9-21-13;/h5-6,9-10H,1-4,7-8,11H2,(H,16,19);1H. The maximum absolute atomic E-state index is 12.1. The van der Waals surface area contributed by atoms with Crippen LogP contribution in [0.3, 0.4) is 0 Å². The van der Waals surface area contributed by atoms with Crippen molar-refractivity contribution in [2.75, 3.05) is 25.0 Å². The number of hydrogen-bond acceptors (Lipinski definition) is 5. The predicted molar refractivity (Wildman–Crippen MR) is 90.6 cm³/mol. The molecule has 120 valence electrons. The van der Waals surface area contributed by atoms with Crippen molar-refractivity contribution in [2.45, 2.75) is 25.7 Å². The smallest absolute Gasteiger partial charge is 0.240 e. The molecule has 1 fully saturated rings. The summed E-state index contributed by atoms with van der Waals surface area (Å²) in [6, 6.07) is 5.71. The first-order valence-corrected chi connectivity index (χ1v) is 8.22. The predicted octanol–water partition coefficient (Wildman–Crippen LogP) is 3.64. The van der Waals surface area contributed by atoms with Gasteiger partial charge >= 0.3 is 0 Å². The first-order valence-electron chi connectivity index (χ1n) is 7.34. The van der Waals surface area contributed by atoms with E-state index in [0.29, 0.717) is 12.4 Å². The second kappa shape index (κ2) is 8.31. The highest BCUT2D eigenvalue weighted by Gasteiger charge is 2.15. The van der Waals surface area contributed by atoms with E-state index in [1.54, 1.807) is 17.4 Å². The summed E-state index contributed by atoms with van der Waals surface area (Å²) in [5.41, 5.74) is 0.759. The van der Waals surface area contributed by atoms with Gasteiger partial charge in [0.2, 0.25) is 11.8 Å². The summed E-state index contributed by atoms with van der Waals surface area (Å²) >= 11 is 1.60. The minimum atomic E-state index is -0.0363. The lowest BCUT2D eigenvalue weighted by atomic mass is 10.2. The fourth-order valence-electron chi connectivity index (χ4n) is 2.55. The van der Waals surface area contributed by atoms with Crippen LogP contribution in [0.2, 0.25) is 0 Å². The molecule has 0 spiro atoms. The van der Waals surface area contributed by atoms with Crippen molar-refractivity contribution in [2.24, 2.45) is 0 Å². The van der Waals surface area contributed by atoms with E-state index in [1.165, 1.54) is 25.7 Å². The van der Waals surface area contributed by atoms with Gasteiger partial charge in [0.25, 0.3) is 0 Å². The van der Waals surface area contributed by atoms with Crippen molar-refractivity contribution in [1.29, 1.82) is 0 Å². The molecule has 0 radical (unpaired) electrons. The summed E-state index contributed by atoms with van der Waals surface area (Å²) in [6.07, 6.45) is 4.89. The second-order valence-corrected chi connectivity index (χ2v) is 6.24. The van der Waals surface area contributed by atoms with E-state index in [2.05, 4.69) is 15.4 Å². The van der Waals surface area contributed by atoms with Crippen LogP contribution in [0, 0.1) is 0 Å². The third kappa shape index (κ3) is 4.56. The zero-order valence-electron chi connectivity index (χ0n) is 12.3.